The van der Waals surface area contributed by atoms with Crippen molar-refractivity contribution in [3.8, 4) is 0 Å². The third-order valence-corrected chi connectivity index (χ3v) is 5.57. The van der Waals surface area contributed by atoms with E-state index in [2.05, 4.69) is 20.9 Å². The van der Waals surface area contributed by atoms with Crippen molar-refractivity contribution < 1.29 is 13.2 Å². The first kappa shape index (κ1) is 22.4. The number of hydrogen-bond donors (Lipinski definition) is 3. The Hall–Kier alpha value is -2.87. The summed E-state index contributed by atoms with van der Waals surface area (Å²) in [5.41, 5.74) is 2.80. The summed E-state index contributed by atoms with van der Waals surface area (Å²) in [6, 6.07) is 15.2. The lowest BCUT2D eigenvalue weighted by atomic mass is 10.1. The summed E-state index contributed by atoms with van der Waals surface area (Å²) in [6.45, 7) is 2.91. The highest BCUT2D eigenvalue weighted by atomic mass is 32.2. The van der Waals surface area contributed by atoms with E-state index in [1.54, 1.807) is 26.1 Å². The molecule has 0 aliphatic heterocycles. The van der Waals surface area contributed by atoms with Gasteiger partial charge in [0.15, 0.2) is 15.8 Å². The predicted octanol–water partition coefficient (Wildman–Crippen LogP) is 1.42. The van der Waals surface area contributed by atoms with Gasteiger partial charge in [0, 0.05) is 26.4 Å². The normalized spacial score (nSPS) is 11.8. The van der Waals surface area contributed by atoms with Crippen LogP contribution in [0.1, 0.15) is 16.7 Å². The molecule has 7 nitrogen and oxygen atoms in total. The van der Waals surface area contributed by atoms with E-state index >= 15 is 0 Å². The van der Waals surface area contributed by atoms with Gasteiger partial charge in [0.2, 0.25) is 5.91 Å². The second kappa shape index (κ2) is 10.6. The molecule has 0 spiro atoms. The van der Waals surface area contributed by atoms with Crippen LogP contribution in [-0.2, 0) is 27.6 Å². The van der Waals surface area contributed by atoms with Crippen LogP contribution in [0.3, 0.4) is 0 Å². The minimum absolute atomic E-state index is 0.112. The molecule has 0 aromatic heterocycles. The van der Waals surface area contributed by atoms with Gasteiger partial charge in [0.25, 0.3) is 0 Å². The first-order chi connectivity index (χ1) is 13.8. The zero-order valence-corrected chi connectivity index (χ0v) is 17.8. The number of hydrogen-bond acceptors (Lipinski definition) is 4. The van der Waals surface area contributed by atoms with Crippen molar-refractivity contribution in [1.82, 2.24) is 16.0 Å². The van der Waals surface area contributed by atoms with Crippen LogP contribution in [0, 0.1) is 6.92 Å². The molecule has 3 N–H and O–H groups in total. The fourth-order valence-corrected chi connectivity index (χ4v) is 3.82. The van der Waals surface area contributed by atoms with Crippen molar-refractivity contribution in [2.75, 3.05) is 26.4 Å². The number of nitrogens with zero attached hydrogens (tertiary/aromatic N) is 1. The predicted molar refractivity (Wildman–Crippen MR) is 116 cm³/mol. The molecule has 0 fully saturated rings. The average molecular weight is 417 g/mol. The Morgan fingerprint density at radius 3 is 2.34 bits per heavy atom. The maximum absolute atomic E-state index is 12.0. The van der Waals surface area contributed by atoms with Gasteiger partial charge in [-0.3, -0.25) is 9.79 Å². The van der Waals surface area contributed by atoms with Gasteiger partial charge in [0.05, 0.1) is 11.4 Å². The number of benzene rings is 2. The maximum Gasteiger partial charge on any atom is 0.239 e. The van der Waals surface area contributed by atoms with E-state index in [9.17, 15) is 13.2 Å². The molecule has 0 unspecified atom stereocenters. The second-order valence-corrected chi connectivity index (χ2v) is 8.72. The zero-order valence-electron chi connectivity index (χ0n) is 17.0. The molecule has 0 aliphatic rings. The molecule has 1 amide bonds. The Kier molecular flexibility index (Phi) is 8.21. The molecule has 0 saturated carbocycles. The fraction of sp³-hybridized carbons (Fsp3) is 0.333. The topological polar surface area (TPSA) is 99.7 Å². The van der Waals surface area contributed by atoms with E-state index in [4.69, 9.17) is 0 Å². The summed E-state index contributed by atoms with van der Waals surface area (Å²) in [4.78, 5) is 16.4. The Labute approximate surface area is 172 Å². The van der Waals surface area contributed by atoms with Gasteiger partial charge < -0.3 is 16.0 Å². The van der Waals surface area contributed by atoms with Gasteiger partial charge in [-0.05, 0) is 36.1 Å². The minimum atomic E-state index is -3.23. The average Bonchev–Trinajstić information content (AvgIpc) is 2.68. The number of aliphatic imine (C=N–C) groups is 1. The van der Waals surface area contributed by atoms with Crippen LogP contribution in [0.2, 0.25) is 0 Å². The zero-order chi connectivity index (χ0) is 21.3. The maximum atomic E-state index is 12.0. The molecule has 2 aromatic rings. The smallest absolute Gasteiger partial charge is 0.239 e. The first-order valence-electron chi connectivity index (χ1n) is 9.34. The Bertz CT molecular complexity index is 957. The largest absolute Gasteiger partial charge is 0.354 e. The summed E-state index contributed by atoms with van der Waals surface area (Å²) in [6.07, 6.45) is 1.98. The molecular weight excluding hydrogens is 388 g/mol. The lowest BCUT2D eigenvalue weighted by Crippen LogP contribution is -2.43. The van der Waals surface area contributed by atoms with Gasteiger partial charge in [-0.2, -0.15) is 0 Å². The lowest BCUT2D eigenvalue weighted by molar-refractivity contribution is -0.119. The molecule has 0 heterocycles. The van der Waals surface area contributed by atoms with Gasteiger partial charge in [-0.15, -0.1) is 0 Å². The summed E-state index contributed by atoms with van der Waals surface area (Å²) >= 11 is 0. The van der Waals surface area contributed by atoms with Crippen molar-refractivity contribution in [3.05, 3.63) is 65.2 Å². The number of aryl methyl sites for hydroxylation is 1. The van der Waals surface area contributed by atoms with E-state index < -0.39 is 9.84 Å². The van der Waals surface area contributed by atoms with Crippen molar-refractivity contribution in [3.63, 3.8) is 0 Å². The highest BCUT2D eigenvalue weighted by molar-refractivity contribution is 7.90. The quantitative estimate of drug-likeness (QED) is 0.446. The molecule has 0 aliphatic carbocycles. The van der Waals surface area contributed by atoms with Crippen molar-refractivity contribution in [2.45, 2.75) is 24.8 Å². The van der Waals surface area contributed by atoms with E-state index in [0.29, 0.717) is 29.5 Å². The standard InChI is InChI=1S/C21H28N4O3S/c1-16-13-18(9-10-19(16)29(3,27)28)14-24-21(22-2)25-15-20(26)23-12-11-17-7-5-4-6-8-17/h4-10,13H,11-12,14-15H2,1-3H3,(H,23,26)(H2,22,24,25). The van der Waals surface area contributed by atoms with Gasteiger partial charge >= 0.3 is 0 Å². The van der Waals surface area contributed by atoms with Crippen LogP contribution in [0.4, 0.5) is 0 Å². The number of nitrogens with one attached hydrogen (secondary N) is 3. The SMILES string of the molecule is CN=C(NCC(=O)NCCc1ccccc1)NCc1ccc(S(C)(=O)=O)c(C)c1. The highest BCUT2D eigenvalue weighted by Gasteiger charge is 2.11. The van der Waals surface area contributed by atoms with E-state index in [-0.39, 0.29) is 12.5 Å². The Morgan fingerprint density at radius 2 is 1.72 bits per heavy atom. The van der Waals surface area contributed by atoms with Gasteiger partial charge in [-0.1, -0.05) is 42.5 Å². The van der Waals surface area contributed by atoms with Crippen LogP contribution in [0.5, 0.6) is 0 Å². The monoisotopic (exact) mass is 416 g/mol. The molecule has 0 atom stereocenters. The number of carbonyl (C=O) groups is 1. The molecule has 2 rings (SSSR count). The van der Waals surface area contributed by atoms with Crippen LogP contribution in [0.25, 0.3) is 0 Å². The van der Waals surface area contributed by atoms with Crippen LogP contribution < -0.4 is 16.0 Å². The van der Waals surface area contributed by atoms with Gasteiger partial charge in [-0.25, -0.2) is 8.42 Å². The molecule has 0 saturated heterocycles. The fourth-order valence-electron chi connectivity index (χ4n) is 2.86. The summed E-state index contributed by atoms with van der Waals surface area (Å²) in [5.74, 6) is 0.380. The molecule has 29 heavy (non-hydrogen) atoms. The van der Waals surface area contributed by atoms with E-state index in [1.807, 2.05) is 36.4 Å². The molecule has 0 bridgehead atoms. The molecular formula is C21H28N4O3S. The Morgan fingerprint density at radius 1 is 1.00 bits per heavy atom. The number of sulfone groups is 1. The highest BCUT2D eigenvalue weighted by Crippen LogP contribution is 2.16. The first-order valence-corrected chi connectivity index (χ1v) is 11.2. The minimum Gasteiger partial charge on any atom is -0.354 e. The number of rotatable bonds is 8. The van der Waals surface area contributed by atoms with Crippen molar-refractivity contribution in [1.29, 1.82) is 0 Å². The molecule has 2 aromatic carbocycles. The third-order valence-electron chi connectivity index (χ3n) is 4.32. The van der Waals surface area contributed by atoms with Crippen LogP contribution in [-0.4, -0.2) is 46.7 Å². The molecule has 156 valence electrons. The van der Waals surface area contributed by atoms with Crippen molar-refractivity contribution in [2.24, 2.45) is 4.99 Å². The summed E-state index contributed by atoms with van der Waals surface area (Å²) < 4.78 is 23.4. The number of carbonyl (C=O) groups excluding carboxylic acids is 1. The number of guanidine groups is 1. The molecule has 0 radical (unpaired) electrons. The van der Waals surface area contributed by atoms with E-state index in [0.717, 1.165) is 12.0 Å². The summed E-state index contributed by atoms with van der Waals surface area (Å²) in [7, 11) is -1.61. The number of amides is 1. The summed E-state index contributed by atoms with van der Waals surface area (Å²) in [5, 5.41) is 8.96. The van der Waals surface area contributed by atoms with Crippen LogP contribution in [0.15, 0.2) is 58.4 Å². The molecule has 8 heteroatoms. The van der Waals surface area contributed by atoms with Crippen molar-refractivity contribution >= 4 is 21.7 Å². The van der Waals surface area contributed by atoms with E-state index in [1.165, 1.54) is 11.8 Å². The van der Waals surface area contributed by atoms with Crippen LogP contribution >= 0.6 is 0 Å². The third kappa shape index (κ3) is 7.57. The van der Waals surface area contributed by atoms with Gasteiger partial charge in [0.1, 0.15) is 0 Å². The second-order valence-electron chi connectivity index (χ2n) is 6.74. The lowest BCUT2D eigenvalue weighted by Gasteiger charge is -2.13. The Balaban J connectivity index is 1.76.